The first kappa shape index (κ1) is 15.2. The van der Waals surface area contributed by atoms with Crippen LogP contribution in [0.25, 0.3) is 0 Å². The molecule has 0 N–H and O–H groups in total. The van der Waals surface area contributed by atoms with Gasteiger partial charge in [-0.05, 0) is 37.1 Å². The molecule has 1 heterocycles. The third-order valence-electron chi connectivity index (χ3n) is 3.82. The van der Waals surface area contributed by atoms with E-state index >= 15 is 0 Å². The molecule has 1 aromatic rings. The molecule has 0 aromatic carbocycles. The molecule has 0 unspecified atom stereocenters. The zero-order valence-corrected chi connectivity index (χ0v) is 13.2. The Kier molecular flexibility index (Phi) is 5.29. The van der Waals surface area contributed by atoms with Crippen LogP contribution in [0.4, 0.5) is 0 Å². The average Bonchev–Trinajstić information content (AvgIpc) is 2.94. The predicted molar refractivity (Wildman–Crippen MR) is 82.4 cm³/mol. The SMILES string of the molecule is CCS[C@H]1CC[C@@H](N(C)C(=O)c2cccnc2OC)C1. The molecule has 20 heavy (non-hydrogen) atoms. The Morgan fingerprint density at radius 1 is 1.55 bits per heavy atom. The van der Waals surface area contributed by atoms with Gasteiger partial charge in [0.2, 0.25) is 5.88 Å². The van der Waals surface area contributed by atoms with Gasteiger partial charge in [-0.1, -0.05) is 6.92 Å². The number of pyridine rings is 1. The van der Waals surface area contributed by atoms with E-state index < -0.39 is 0 Å². The van der Waals surface area contributed by atoms with Gasteiger partial charge in [0.05, 0.1) is 7.11 Å². The molecule has 5 heteroatoms. The number of hydrogen-bond donors (Lipinski definition) is 0. The number of aromatic nitrogens is 1. The first-order valence-corrected chi connectivity index (χ1v) is 8.10. The van der Waals surface area contributed by atoms with Crippen LogP contribution in [-0.2, 0) is 0 Å². The van der Waals surface area contributed by atoms with Crippen LogP contribution < -0.4 is 4.74 Å². The predicted octanol–water partition coefficient (Wildman–Crippen LogP) is 2.84. The average molecular weight is 294 g/mol. The molecule has 0 bridgehead atoms. The first-order valence-electron chi connectivity index (χ1n) is 7.05. The molecule has 1 aliphatic carbocycles. The van der Waals surface area contributed by atoms with Crippen LogP contribution in [0.3, 0.4) is 0 Å². The molecular formula is C15H22N2O2S. The lowest BCUT2D eigenvalue weighted by atomic mass is 10.1. The van der Waals surface area contributed by atoms with E-state index in [0.717, 1.165) is 18.6 Å². The first-order chi connectivity index (χ1) is 9.67. The van der Waals surface area contributed by atoms with Gasteiger partial charge in [-0.2, -0.15) is 11.8 Å². The highest BCUT2D eigenvalue weighted by atomic mass is 32.2. The molecule has 0 radical (unpaired) electrons. The van der Waals surface area contributed by atoms with Crippen LogP contribution in [0, 0.1) is 0 Å². The zero-order chi connectivity index (χ0) is 14.5. The summed E-state index contributed by atoms with van der Waals surface area (Å²) >= 11 is 2.00. The Balaban J connectivity index is 2.06. The number of methoxy groups -OCH3 is 1. The number of amides is 1. The Morgan fingerprint density at radius 3 is 3.05 bits per heavy atom. The van der Waals surface area contributed by atoms with Gasteiger partial charge in [0, 0.05) is 24.5 Å². The molecule has 1 aliphatic rings. The zero-order valence-electron chi connectivity index (χ0n) is 12.3. The monoisotopic (exact) mass is 294 g/mol. The minimum absolute atomic E-state index is 0.00194. The van der Waals surface area contributed by atoms with Crippen molar-refractivity contribution < 1.29 is 9.53 Å². The number of hydrogen-bond acceptors (Lipinski definition) is 4. The van der Waals surface area contributed by atoms with Crippen molar-refractivity contribution in [3.63, 3.8) is 0 Å². The number of thioether (sulfide) groups is 1. The summed E-state index contributed by atoms with van der Waals surface area (Å²) in [6.07, 6.45) is 5.01. The van der Waals surface area contributed by atoms with Crippen LogP contribution in [-0.4, -0.2) is 47.0 Å². The van der Waals surface area contributed by atoms with E-state index in [1.165, 1.54) is 6.42 Å². The van der Waals surface area contributed by atoms with Gasteiger partial charge >= 0.3 is 0 Å². The fraction of sp³-hybridized carbons (Fsp3) is 0.600. The molecule has 4 nitrogen and oxygen atoms in total. The van der Waals surface area contributed by atoms with Crippen LogP contribution in [0.2, 0.25) is 0 Å². The Bertz CT molecular complexity index is 467. The standard InChI is InChI=1S/C15H22N2O2S/c1-4-20-12-8-7-11(10-12)17(2)15(18)13-6-5-9-16-14(13)19-3/h5-6,9,11-12H,4,7-8,10H2,1-3H3/t11-,12+/m1/s1. The highest BCUT2D eigenvalue weighted by Gasteiger charge is 2.31. The third kappa shape index (κ3) is 3.26. The van der Waals surface area contributed by atoms with Gasteiger partial charge < -0.3 is 9.64 Å². The molecule has 110 valence electrons. The van der Waals surface area contributed by atoms with Crippen molar-refractivity contribution in [2.75, 3.05) is 19.9 Å². The molecule has 1 saturated carbocycles. The molecule has 2 atom stereocenters. The summed E-state index contributed by atoms with van der Waals surface area (Å²) in [4.78, 5) is 18.5. The summed E-state index contributed by atoms with van der Waals surface area (Å²) in [5.41, 5.74) is 0.545. The molecule has 0 saturated heterocycles. The Morgan fingerprint density at radius 2 is 2.35 bits per heavy atom. The number of carbonyl (C=O) groups excluding carboxylic acids is 1. The summed E-state index contributed by atoms with van der Waals surface area (Å²) in [5, 5.41) is 0.691. The van der Waals surface area contributed by atoms with Crippen molar-refractivity contribution in [1.29, 1.82) is 0 Å². The second-order valence-electron chi connectivity index (χ2n) is 5.02. The normalized spacial score (nSPS) is 21.8. The molecule has 2 rings (SSSR count). The van der Waals surface area contributed by atoms with Crippen molar-refractivity contribution >= 4 is 17.7 Å². The van der Waals surface area contributed by atoms with E-state index in [1.807, 2.05) is 23.7 Å². The van der Waals surface area contributed by atoms with Crippen molar-refractivity contribution in [3.8, 4) is 5.88 Å². The smallest absolute Gasteiger partial charge is 0.259 e. The van der Waals surface area contributed by atoms with Crippen molar-refractivity contribution in [1.82, 2.24) is 9.88 Å². The molecule has 0 spiro atoms. The molecular weight excluding hydrogens is 272 g/mol. The molecule has 1 fully saturated rings. The minimum Gasteiger partial charge on any atom is -0.480 e. The highest BCUT2D eigenvalue weighted by molar-refractivity contribution is 7.99. The van der Waals surface area contributed by atoms with Crippen LogP contribution >= 0.6 is 11.8 Å². The van der Waals surface area contributed by atoms with Gasteiger partial charge in [0.15, 0.2) is 0 Å². The van der Waals surface area contributed by atoms with Gasteiger partial charge in [-0.15, -0.1) is 0 Å². The largest absolute Gasteiger partial charge is 0.480 e. The number of rotatable bonds is 5. The van der Waals surface area contributed by atoms with E-state index in [1.54, 1.807) is 25.4 Å². The van der Waals surface area contributed by atoms with Crippen molar-refractivity contribution in [3.05, 3.63) is 23.9 Å². The van der Waals surface area contributed by atoms with Crippen molar-refractivity contribution in [2.24, 2.45) is 0 Å². The highest BCUT2D eigenvalue weighted by Crippen LogP contribution is 2.33. The lowest BCUT2D eigenvalue weighted by Crippen LogP contribution is -2.35. The van der Waals surface area contributed by atoms with Crippen LogP contribution in [0.1, 0.15) is 36.5 Å². The van der Waals surface area contributed by atoms with Gasteiger partial charge in [-0.3, -0.25) is 4.79 Å². The van der Waals surface area contributed by atoms with Gasteiger partial charge in [0.25, 0.3) is 5.91 Å². The van der Waals surface area contributed by atoms with Crippen LogP contribution in [0.15, 0.2) is 18.3 Å². The summed E-state index contributed by atoms with van der Waals surface area (Å²) in [6.45, 7) is 2.19. The summed E-state index contributed by atoms with van der Waals surface area (Å²) in [6, 6.07) is 3.88. The minimum atomic E-state index is 0.00194. The third-order valence-corrected chi connectivity index (χ3v) is 5.06. The lowest BCUT2D eigenvalue weighted by Gasteiger charge is -2.25. The number of nitrogens with zero attached hydrogens (tertiary/aromatic N) is 2. The quantitative estimate of drug-likeness (QED) is 0.837. The summed E-state index contributed by atoms with van der Waals surface area (Å²) in [5.74, 6) is 1.55. The van der Waals surface area contributed by atoms with E-state index in [2.05, 4.69) is 11.9 Å². The molecule has 0 aliphatic heterocycles. The molecule has 1 amide bonds. The van der Waals surface area contributed by atoms with E-state index in [0.29, 0.717) is 22.7 Å². The van der Waals surface area contributed by atoms with Gasteiger partial charge in [0.1, 0.15) is 5.56 Å². The maximum Gasteiger partial charge on any atom is 0.259 e. The summed E-state index contributed by atoms with van der Waals surface area (Å²) < 4.78 is 5.18. The van der Waals surface area contributed by atoms with E-state index in [4.69, 9.17) is 4.74 Å². The maximum atomic E-state index is 12.6. The number of ether oxygens (including phenoxy) is 1. The fourth-order valence-electron chi connectivity index (χ4n) is 2.73. The lowest BCUT2D eigenvalue weighted by molar-refractivity contribution is 0.0731. The van der Waals surface area contributed by atoms with E-state index in [9.17, 15) is 4.79 Å². The Hall–Kier alpha value is -1.23. The topological polar surface area (TPSA) is 42.4 Å². The number of carbonyl (C=O) groups is 1. The maximum absolute atomic E-state index is 12.6. The second-order valence-corrected chi connectivity index (χ2v) is 6.60. The Labute approximate surface area is 124 Å². The van der Waals surface area contributed by atoms with Crippen LogP contribution in [0.5, 0.6) is 5.88 Å². The second kappa shape index (κ2) is 6.97. The van der Waals surface area contributed by atoms with E-state index in [-0.39, 0.29) is 5.91 Å². The van der Waals surface area contributed by atoms with Gasteiger partial charge in [-0.25, -0.2) is 4.98 Å². The fourth-order valence-corrected chi connectivity index (χ4v) is 3.86. The van der Waals surface area contributed by atoms with Crippen molar-refractivity contribution in [2.45, 2.75) is 37.5 Å². The summed E-state index contributed by atoms with van der Waals surface area (Å²) in [7, 11) is 3.43. The molecule has 1 aromatic heterocycles.